The number of aliphatic hydroxyl groups excluding tert-OH is 1. The van der Waals surface area contributed by atoms with Crippen LogP contribution < -0.4 is 14.8 Å². The molecule has 2 atom stereocenters. The van der Waals surface area contributed by atoms with E-state index in [0.717, 1.165) is 11.5 Å². The van der Waals surface area contributed by atoms with Gasteiger partial charge in [0.25, 0.3) is 0 Å². The lowest BCUT2D eigenvalue weighted by Crippen LogP contribution is -2.41. The van der Waals surface area contributed by atoms with Crippen molar-refractivity contribution in [1.29, 1.82) is 0 Å². The van der Waals surface area contributed by atoms with Crippen molar-refractivity contribution in [2.45, 2.75) is 32.4 Å². The number of hydrogen-bond acceptors (Lipinski definition) is 4. The van der Waals surface area contributed by atoms with Gasteiger partial charge in [0.1, 0.15) is 11.5 Å². The number of carbonyl (C=O) groups is 1. The maximum absolute atomic E-state index is 11.0. The van der Waals surface area contributed by atoms with E-state index in [-0.39, 0.29) is 11.9 Å². The molecule has 106 valence electrons. The second kappa shape index (κ2) is 7.63. The largest absolute Gasteiger partial charge is 0.497 e. The SMILES string of the molecule is COc1ccc(OCC[C@@H](NC(C)=O)[C@@H](C)O)cc1. The third kappa shape index (κ3) is 5.61. The zero-order chi connectivity index (χ0) is 14.3. The molecule has 0 aliphatic heterocycles. The molecule has 5 heteroatoms. The van der Waals surface area contributed by atoms with Crippen LogP contribution in [-0.2, 0) is 4.79 Å². The van der Waals surface area contributed by atoms with Gasteiger partial charge >= 0.3 is 0 Å². The van der Waals surface area contributed by atoms with E-state index < -0.39 is 6.10 Å². The first-order chi connectivity index (χ1) is 9.02. The lowest BCUT2D eigenvalue weighted by molar-refractivity contribution is -0.120. The van der Waals surface area contributed by atoms with Crippen molar-refractivity contribution >= 4 is 5.91 Å². The van der Waals surface area contributed by atoms with E-state index >= 15 is 0 Å². The Morgan fingerprint density at radius 2 is 1.89 bits per heavy atom. The Kier molecular flexibility index (Phi) is 6.15. The molecule has 0 aromatic heterocycles. The smallest absolute Gasteiger partial charge is 0.217 e. The quantitative estimate of drug-likeness (QED) is 0.782. The van der Waals surface area contributed by atoms with E-state index in [9.17, 15) is 9.90 Å². The molecular weight excluding hydrogens is 246 g/mol. The molecule has 1 aromatic carbocycles. The molecule has 0 saturated carbocycles. The number of benzene rings is 1. The van der Waals surface area contributed by atoms with Crippen LogP contribution in [0.25, 0.3) is 0 Å². The number of ether oxygens (including phenoxy) is 2. The predicted octanol–water partition coefficient (Wildman–Crippen LogP) is 1.35. The minimum Gasteiger partial charge on any atom is -0.497 e. The highest BCUT2D eigenvalue weighted by atomic mass is 16.5. The van der Waals surface area contributed by atoms with Crippen LogP contribution in [0.1, 0.15) is 20.3 Å². The summed E-state index contributed by atoms with van der Waals surface area (Å²) in [4.78, 5) is 11.0. The predicted molar refractivity (Wildman–Crippen MR) is 72.4 cm³/mol. The van der Waals surface area contributed by atoms with Crippen molar-refractivity contribution in [3.05, 3.63) is 24.3 Å². The molecular formula is C14H21NO4. The van der Waals surface area contributed by atoms with Crippen molar-refractivity contribution in [3.63, 3.8) is 0 Å². The topological polar surface area (TPSA) is 67.8 Å². The molecule has 0 aliphatic carbocycles. The van der Waals surface area contributed by atoms with Crippen LogP contribution in [0.4, 0.5) is 0 Å². The van der Waals surface area contributed by atoms with Crippen LogP contribution in [-0.4, -0.2) is 36.9 Å². The third-order valence-corrected chi connectivity index (χ3v) is 2.73. The number of rotatable bonds is 7. The highest BCUT2D eigenvalue weighted by Gasteiger charge is 2.15. The number of nitrogens with one attached hydrogen (secondary N) is 1. The van der Waals surface area contributed by atoms with Crippen LogP contribution in [0.3, 0.4) is 0 Å². The highest BCUT2D eigenvalue weighted by molar-refractivity contribution is 5.73. The summed E-state index contributed by atoms with van der Waals surface area (Å²) in [5.74, 6) is 1.34. The Hall–Kier alpha value is -1.75. The standard InChI is InChI=1S/C14H21NO4/c1-10(16)14(15-11(2)17)8-9-19-13-6-4-12(18-3)5-7-13/h4-7,10,14,16H,8-9H2,1-3H3,(H,15,17)/t10-,14-/m1/s1. The second-order valence-electron chi connectivity index (χ2n) is 4.36. The molecule has 1 rings (SSSR count). The van der Waals surface area contributed by atoms with Gasteiger partial charge in [-0.1, -0.05) is 0 Å². The summed E-state index contributed by atoms with van der Waals surface area (Å²) in [5.41, 5.74) is 0. The average molecular weight is 267 g/mol. The van der Waals surface area contributed by atoms with Gasteiger partial charge in [0.2, 0.25) is 5.91 Å². The van der Waals surface area contributed by atoms with Gasteiger partial charge in [0, 0.05) is 13.3 Å². The van der Waals surface area contributed by atoms with E-state index in [1.807, 2.05) is 24.3 Å². The molecule has 0 bridgehead atoms. The summed E-state index contributed by atoms with van der Waals surface area (Å²) < 4.78 is 10.6. The Balaban J connectivity index is 2.40. The number of methoxy groups -OCH3 is 1. The minimum atomic E-state index is -0.608. The molecule has 1 aromatic rings. The third-order valence-electron chi connectivity index (χ3n) is 2.73. The molecule has 1 amide bonds. The zero-order valence-electron chi connectivity index (χ0n) is 11.6. The molecule has 0 heterocycles. The normalized spacial score (nSPS) is 13.5. The average Bonchev–Trinajstić information content (AvgIpc) is 2.37. The lowest BCUT2D eigenvalue weighted by atomic mass is 10.1. The van der Waals surface area contributed by atoms with Crippen LogP contribution >= 0.6 is 0 Å². The van der Waals surface area contributed by atoms with Gasteiger partial charge in [-0.3, -0.25) is 4.79 Å². The Labute approximate surface area is 113 Å². The number of aliphatic hydroxyl groups is 1. The summed E-state index contributed by atoms with van der Waals surface area (Å²) in [6.07, 6.45) is -0.0631. The van der Waals surface area contributed by atoms with E-state index in [1.54, 1.807) is 14.0 Å². The number of hydrogen-bond donors (Lipinski definition) is 2. The Morgan fingerprint density at radius 3 is 2.37 bits per heavy atom. The molecule has 2 N–H and O–H groups in total. The van der Waals surface area contributed by atoms with Crippen molar-refractivity contribution < 1.29 is 19.4 Å². The minimum absolute atomic E-state index is 0.157. The number of carbonyl (C=O) groups excluding carboxylic acids is 1. The molecule has 0 saturated heterocycles. The molecule has 0 aliphatic rings. The van der Waals surface area contributed by atoms with Crippen molar-refractivity contribution in [1.82, 2.24) is 5.32 Å². The summed E-state index contributed by atoms with van der Waals surface area (Å²) >= 11 is 0. The first kappa shape index (κ1) is 15.3. The van der Waals surface area contributed by atoms with Gasteiger partial charge in [-0.2, -0.15) is 0 Å². The zero-order valence-corrected chi connectivity index (χ0v) is 11.6. The summed E-state index contributed by atoms with van der Waals surface area (Å²) in [6, 6.07) is 6.96. The number of amides is 1. The van der Waals surface area contributed by atoms with E-state index in [0.29, 0.717) is 13.0 Å². The van der Waals surface area contributed by atoms with Crippen molar-refractivity contribution in [2.24, 2.45) is 0 Å². The lowest BCUT2D eigenvalue weighted by Gasteiger charge is -2.20. The van der Waals surface area contributed by atoms with E-state index in [1.165, 1.54) is 6.92 Å². The molecule has 0 radical (unpaired) electrons. The monoisotopic (exact) mass is 267 g/mol. The van der Waals surface area contributed by atoms with Gasteiger partial charge in [-0.25, -0.2) is 0 Å². The first-order valence-electron chi connectivity index (χ1n) is 6.25. The molecule has 0 unspecified atom stereocenters. The van der Waals surface area contributed by atoms with Crippen LogP contribution in [0.2, 0.25) is 0 Å². The summed E-state index contributed by atoms with van der Waals surface area (Å²) in [5, 5.41) is 12.2. The Bertz CT molecular complexity index is 389. The van der Waals surface area contributed by atoms with Crippen LogP contribution in [0.5, 0.6) is 11.5 Å². The van der Waals surface area contributed by atoms with Crippen molar-refractivity contribution in [2.75, 3.05) is 13.7 Å². The van der Waals surface area contributed by atoms with E-state index in [4.69, 9.17) is 9.47 Å². The molecule has 0 fully saturated rings. The van der Waals surface area contributed by atoms with Crippen LogP contribution in [0, 0.1) is 0 Å². The fraction of sp³-hybridized carbons (Fsp3) is 0.500. The highest BCUT2D eigenvalue weighted by Crippen LogP contribution is 2.17. The van der Waals surface area contributed by atoms with Gasteiger partial charge in [0.15, 0.2) is 0 Å². The van der Waals surface area contributed by atoms with E-state index in [2.05, 4.69) is 5.32 Å². The maximum Gasteiger partial charge on any atom is 0.217 e. The summed E-state index contributed by atoms with van der Waals surface area (Å²) in [7, 11) is 1.61. The second-order valence-corrected chi connectivity index (χ2v) is 4.36. The maximum atomic E-state index is 11.0. The molecule has 0 spiro atoms. The fourth-order valence-corrected chi connectivity index (χ4v) is 1.67. The van der Waals surface area contributed by atoms with Gasteiger partial charge in [-0.15, -0.1) is 0 Å². The van der Waals surface area contributed by atoms with Crippen molar-refractivity contribution in [3.8, 4) is 11.5 Å². The van der Waals surface area contributed by atoms with Gasteiger partial charge in [0.05, 0.1) is 25.9 Å². The van der Waals surface area contributed by atoms with Gasteiger partial charge < -0.3 is 19.9 Å². The van der Waals surface area contributed by atoms with Crippen LogP contribution in [0.15, 0.2) is 24.3 Å². The summed E-state index contributed by atoms with van der Waals surface area (Å²) in [6.45, 7) is 3.50. The molecule has 5 nitrogen and oxygen atoms in total. The fourth-order valence-electron chi connectivity index (χ4n) is 1.67. The molecule has 19 heavy (non-hydrogen) atoms. The van der Waals surface area contributed by atoms with Gasteiger partial charge in [-0.05, 0) is 31.2 Å². The first-order valence-corrected chi connectivity index (χ1v) is 6.25. The Morgan fingerprint density at radius 1 is 1.32 bits per heavy atom.